The molecular weight excluding hydrogens is 459 g/mol. The lowest BCUT2D eigenvalue weighted by Crippen LogP contribution is -2.37. The van der Waals surface area contributed by atoms with Crippen LogP contribution in [-0.4, -0.2) is 34.7 Å². The van der Waals surface area contributed by atoms with Crippen molar-refractivity contribution >= 4 is 23.2 Å². The van der Waals surface area contributed by atoms with E-state index in [2.05, 4.69) is 15.7 Å². The largest absolute Gasteiger partial charge is 0.497 e. The first-order valence-electron chi connectivity index (χ1n) is 9.78. The van der Waals surface area contributed by atoms with Gasteiger partial charge in [0.2, 0.25) is 5.91 Å². The number of nitrogens with one attached hydrogen (secondary N) is 2. The van der Waals surface area contributed by atoms with Gasteiger partial charge in [0, 0.05) is 22.9 Å². The third-order valence-corrected chi connectivity index (χ3v) is 5.48. The number of amides is 2. The highest BCUT2D eigenvalue weighted by molar-refractivity contribution is 7.10. The van der Waals surface area contributed by atoms with Gasteiger partial charge in [-0.25, -0.2) is 4.68 Å². The Morgan fingerprint density at radius 1 is 1.21 bits per heavy atom. The number of benzene rings is 1. The Balaban J connectivity index is 1.82. The van der Waals surface area contributed by atoms with E-state index in [1.54, 1.807) is 35.7 Å². The van der Waals surface area contributed by atoms with Crippen LogP contribution in [0.5, 0.6) is 5.75 Å². The van der Waals surface area contributed by atoms with E-state index in [-0.39, 0.29) is 30.4 Å². The van der Waals surface area contributed by atoms with Gasteiger partial charge in [0.25, 0.3) is 5.91 Å². The number of methoxy groups -OCH3 is 1. The number of carbonyl (C=O) groups excluding carboxylic acids is 2. The summed E-state index contributed by atoms with van der Waals surface area (Å²) in [7, 11) is 1.51. The molecule has 0 saturated carbocycles. The van der Waals surface area contributed by atoms with E-state index in [1.807, 2.05) is 0 Å². The minimum atomic E-state index is -4.73. The molecule has 33 heavy (non-hydrogen) atoms. The summed E-state index contributed by atoms with van der Waals surface area (Å²) in [5.41, 5.74) is 5.03. The van der Waals surface area contributed by atoms with Crippen LogP contribution in [0, 0.1) is 0 Å². The van der Waals surface area contributed by atoms with Crippen molar-refractivity contribution in [3.05, 3.63) is 63.6 Å². The SMILES string of the molecule is COc1cccc(CNC(=O)c2cc(C(F)(F)F)nn2-c2csc(CNC(=O)C(C)N)c2)c1. The van der Waals surface area contributed by atoms with Crippen molar-refractivity contribution in [3.8, 4) is 11.4 Å². The summed E-state index contributed by atoms with van der Waals surface area (Å²) in [6.07, 6.45) is -4.73. The molecule has 176 valence electrons. The van der Waals surface area contributed by atoms with Gasteiger partial charge in [0.15, 0.2) is 5.69 Å². The summed E-state index contributed by atoms with van der Waals surface area (Å²) in [6.45, 7) is 1.77. The molecule has 1 atom stereocenters. The molecule has 0 fully saturated rings. The van der Waals surface area contributed by atoms with Gasteiger partial charge in [-0.1, -0.05) is 12.1 Å². The van der Waals surface area contributed by atoms with Gasteiger partial charge in [-0.05, 0) is 30.7 Å². The Morgan fingerprint density at radius 3 is 2.64 bits per heavy atom. The van der Waals surface area contributed by atoms with E-state index in [0.717, 1.165) is 4.68 Å². The zero-order valence-electron chi connectivity index (χ0n) is 17.8. The van der Waals surface area contributed by atoms with E-state index in [1.165, 1.54) is 25.4 Å². The Hall–Kier alpha value is -3.38. The van der Waals surface area contributed by atoms with E-state index in [0.29, 0.717) is 22.3 Å². The number of carbonyl (C=O) groups is 2. The highest BCUT2D eigenvalue weighted by Crippen LogP contribution is 2.30. The zero-order valence-corrected chi connectivity index (χ0v) is 18.6. The molecule has 1 aromatic carbocycles. The fourth-order valence-corrected chi connectivity index (χ4v) is 3.63. The number of aromatic nitrogens is 2. The molecule has 12 heteroatoms. The molecule has 0 spiro atoms. The summed E-state index contributed by atoms with van der Waals surface area (Å²) in [5, 5.41) is 10.4. The molecule has 2 amide bonds. The number of rotatable bonds is 8. The van der Waals surface area contributed by atoms with Gasteiger partial charge in [-0.3, -0.25) is 9.59 Å². The smallest absolute Gasteiger partial charge is 0.435 e. The lowest BCUT2D eigenvalue weighted by atomic mass is 10.2. The number of thiophene rings is 1. The third-order valence-electron chi connectivity index (χ3n) is 4.55. The number of hydrogen-bond donors (Lipinski definition) is 3. The zero-order chi connectivity index (χ0) is 24.2. The summed E-state index contributed by atoms with van der Waals surface area (Å²) < 4.78 is 46.0. The van der Waals surface area contributed by atoms with Crippen LogP contribution in [0.4, 0.5) is 13.2 Å². The molecule has 3 rings (SSSR count). The van der Waals surface area contributed by atoms with Gasteiger partial charge in [-0.15, -0.1) is 11.3 Å². The summed E-state index contributed by atoms with van der Waals surface area (Å²) >= 11 is 1.21. The maximum Gasteiger partial charge on any atom is 0.435 e. The molecule has 2 aromatic heterocycles. The standard InChI is InChI=1S/C21H22F3N5O3S/c1-12(25)19(30)27-10-16-7-14(11-33-16)29-17(8-18(28-29)21(22,23)24)20(31)26-9-13-4-3-5-15(6-13)32-2/h3-8,11-12H,9-10,25H2,1-2H3,(H,26,31)(H,27,30). The highest BCUT2D eigenvalue weighted by Gasteiger charge is 2.36. The van der Waals surface area contributed by atoms with Crippen molar-refractivity contribution in [2.45, 2.75) is 32.2 Å². The van der Waals surface area contributed by atoms with Crippen LogP contribution in [0.15, 0.2) is 41.8 Å². The van der Waals surface area contributed by atoms with Crippen LogP contribution < -0.4 is 21.1 Å². The highest BCUT2D eigenvalue weighted by atomic mass is 32.1. The van der Waals surface area contributed by atoms with Crippen molar-refractivity contribution in [3.63, 3.8) is 0 Å². The maximum absolute atomic E-state index is 13.3. The first kappa shape index (κ1) is 24.3. The van der Waals surface area contributed by atoms with E-state index in [9.17, 15) is 22.8 Å². The summed E-state index contributed by atoms with van der Waals surface area (Å²) in [5.74, 6) is -0.493. The van der Waals surface area contributed by atoms with Gasteiger partial charge in [0.05, 0.1) is 25.4 Å². The average Bonchev–Trinajstić information content (AvgIpc) is 3.43. The second-order valence-electron chi connectivity index (χ2n) is 7.14. The molecule has 4 N–H and O–H groups in total. The number of nitrogens with two attached hydrogens (primary N) is 1. The lowest BCUT2D eigenvalue weighted by molar-refractivity contribution is -0.141. The molecule has 8 nitrogen and oxygen atoms in total. The quantitative estimate of drug-likeness (QED) is 0.458. The fraction of sp³-hybridized carbons (Fsp3) is 0.286. The number of nitrogens with zero attached hydrogens (tertiary/aromatic N) is 2. The van der Waals surface area contributed by atoms with Gasteiger partial charge < -0.3 is 21.1 Å². The van der Waals surface area contributed by atoms with E-state index in [4.69, 9.17) is 10.5 Å². The van der Waals surface area contributed by atoms with Crippen molar-refractivity contribution < 1.29 is 27.5 Å². The summed E-state index contributed by atoms with van der Waals surface area (Å²) in [6, 6.07) is 8.51. The van der Waals surface area contributed by atoms with Gasteiger partial charge in [0.1, 0.15) is 11.4 Å². The third kappa shape index (κ3) is 6.11. The lowest BCUT2D eigenvalue weighted by Gasteiger charge is -2.08. The molecule has 0 saturated heterocycles. The average molecular weight is 482 g/mol. The predicted molar refractivity (Wildman–Crippen MR) is 116 cm³/mol. The normalized spacial score (nSPS) is 12.3. The fourth-order valence-electron chi connectivity index (χ4n) is 2.84. The number of alkyl halides is 3. The molecule has 3 aromatic rings. The second-order valence-corrected chi connectivity index (χ2v) is 8.13. The van der Waals surface area contributed by atoms with E-state index >= 15 is 0 Å². The first-order chi connectivity index (χ1) is 15.6. The Bertz CT molecular complexity index is 1140. The molecule has 1 unspecified atom stereocenters. The van der Waals surface area contributed by atoms with Crippen LogP contribution >= 0.6 is 11.3 Å². The van der Waals surface area contributed by atoms with Crippen LogP contribution in [0.2, 0.25) is 0 Å². The van der Waals surface area contributed by atoms with Crippen LogP contribution in [0.3, 0.4) is 0 Å². The summed E-state index contributed by atoms with van der Waals surface area (Å²) in [4.78, 5) is 25.1. The van der Waals surface area contributed by atoms with Gasteiger partial charge >= 0.3 is 6.18 Å². The van der Waals surface area contributed by atoms with Crippen LogP contribution in [0.25, 0.3) is 5.69 Å². The number of halogens is 3. The topological polar surface area (TPSA) is 111 Å². The first-order valence-corrected chi connectivity index (χ1v) is 10.7. The number of ether oxygens (including phenoxy) is 1. The van der Waals surface area contributed by atoms with Crippen LogP contribution in [0.1, 0.15) is 33.5 Å². The van der Waals surface area contributed by atoms with Crippen molar-refractivity contribution in [1.82, 2.24) is 20.4 Å². The molecule has 0 aliphatic carbocycles. The molecule has 0 aliphatic rings. The molecule has 0 aliphatic heterocycles. The van der Waals surface area contributed by atoms with Crippen molar-refractivity contribution in [2.75, 3.05) is 7.11 Å². The number of hydrogen-bond acceptors (Lipinski definition) is 6. The molecule has 0 radical (unpaired) electrons. The minimum absolute atomic E-state index is 0.0841. The molecular formula is C21H22F3N5O3S. The Kier molecular flexibility index (Phi) is 7.39. The van der Waals surface area contributed by atoms with Crippen molar-refractivity contribution in [1.29, 1.82) is 0 Å². The second kappa shape index (κ2) is 10.0. The van der Waals surface area contributed by atoms with Crippen molar-refractivity contribution in [2.24, 2.45) is 5.73 Å². The monoisotopic (exact) mass is 481 g/mol. The Labute approximate surface area is 191 Å². The molecule has 0 bridgehead atoms. The molecule has 2 heterocycles. The minimum Gasteiger partial charge on any atom is -0.497 e. The van der Waals surface area contributed by atoms with Crippen LogP contribution in [-0.2, 0) is 24.1 Å². The predicted octanol–water partition coefficient (Wildman–Crippen LogP) is 2.85. The maximum atomic E-state index is 13.3. The van der Waals surface area contributed by atoms with E-state index < -0.39 is 23.8 Å². The van der Waals surface area contributed by atoms with Gasteiger partial charge in [-0.2, -0.15) is 18.3 Å². The Morgan fingerprint density at radius 2 is 1.97 bits per heavy atom.